The average Bonchev–Trinajstić information content (AvgIpc) is 2.75. The molecule has 1 saturated heterocycles. The highest BCUT2D eigenvalue weighted by Gasteiger charge is 2.23. The number of thioether (sulfide) groups is 2. The standard InChI is InChI=1S/C11H17N3OS2/c1-9(17-10-7-12-13(2)8-10)11(15)14-3-5-16-6-4-14/h7-9H,3-6H2,1-2H3/t9-/m0/s1. The molecule has 1 aliphatic heterocycles. The smallest absolute Gasteiger partial charge is 0.235 e. The molecule has 0 spiro atoms. The summed E-state index contributed by atoms with van der Waals surface area (Å²) in [6.45, 7) is 3.75. The highest BCUT2D eigenvalue weighted by Crippen LogP contribution is 2.24. The van der Waals surface area contributed by atoms with Crippen molar-refractivity contribution in [2.75, 3.05) is 24.6 Å². The zero-order valence-corrected chi connectivity index (χ0v) is 11.8. The molecule has 1 aromatic heterocycles. The molecule has 2 heterocycles. The van der Waals surface area contributed by atoms with Gasteiger partial charge in [0.1, 0.15) is 0 Å². The summed E-state index contributed by atoms with van der Waals surface area (Å²) in [7, 11) is 1.89. The molecule has 1 aromatic rings. The molecular weight excluding hydrogens is 254 g/mol. The maximum absolute atomic E-state index is 12.2. The van der Waals surface area contributed by atoms with Crippen molar-refractivity contribution in [2.45, 2.75) is 17.1 Å². The van der Waals surface area contributed by atoms with E-state index in [4.69, 9.17) is 0 Å². The summed E-state index contributed by atoms with van der Waals surface area (Å²) >= 11 is 3.51. The zero-order chi connectivity index (χ0) is 12.3. The first-order valence-corrected chi connectivity index (χ1v) is 7.72. The Balaban J connectivity index is 1.90. The Kier molecular flexibility index (Phi) is 4.39. The quantitative estimate of drug-likeness (QED) is 0.781. The number of nitrogens with zero attached hydrogens (tertiary/aromatic N) is 3. The second kappa shape index (κ2) is 5.82. The van der Waals surface area contributed by atoms with Gasteiger partial charge in [-0.1, -0.05) is 0 Å². The third-order valence-corrected chi connectivity index (χ3v) is 4.65. The molecule has 94 valence electrons. The SMILES string of the molecule is C[C@H](Sc1cnn(C)c1)C(=O)N1CCSCC1. The summed E-state index contributed by atoms with van der Waals surface area (Å²) in [5.41, 5.74) is 0. The van der Waals surface area contributed by atoms with Crippen molar-refractivity contribution in [3.05, 3.63) is 12.4 Å². The fourth-order valence-corrected chi connectivity index (χ4v) is 3.64. The van der Waals surface area contributed by atoms with Crippen LogP contribution in [0.4, 0.5) is 0 Å². The van der Waals surface area contributed by atoms with E-state index in [9.17, 15) is 4.79 Å². The number of hydrogen-bond donors (Lipinski definition) is 0. The summed E-state index contributed by atoms with van der Waals surface area (Å²) in [4.78, 5) is 15.2. The predicted molar refractivity (Wildman–Crippen MR) is 72.4 cm³/mol. The van der Waals surface area contributed by atoms with Crippen molar-refractivity contribution in [1.82, 2.24) is 14.7 Å². The van der Waals surface area contributed by atoms with E-state index in [1.165, 1.54) is 0 Å². The van der Waals surface area contributed by atoms with Gasteiger partial charge in [-0.25, -0.2) is 0 Å². The fourth-order valence-electron chi connectivity index (χ4n) is 1.76. The van der Waals surface area contributed by atoms with E-state index >= 15 is 0 Å². The lowest BCUT2D eigenvalue weighted by molar-refractivity contribution is -0.129. The molecule has 0 N–H and O–H groups in total. The molecule has 0 saturated carbocycles. The number of aromatic nitrogens is 2. The monoisotopic (exact) mass is 271 g/mol. The van der Waals surface area contributed by atoms with E-state index in [-0.39, 0.29) is 11.2 Å². The van der Waals surface area contributed by atoms with Gasteiger partial charge in [0.05, 0.1) is 11.4 Å². The number of hydrogen-bond acceptors (Lipinski definition) is 4. The highest BCUT2D eigenvalue weighted by molar-refractivity contribution is 8.00. The molecule has 17 heavy (non-hydrogen) atoms. The Bertz CT molecular complexity index is 388. The first-order valence-electron chi connectivity index (χ1n) is 5.68. The maximum Gasteiger partial charge on any atom is 0.235 e. The van der Waals surface area contributed by atoms with Crippen molar-refractivity contribution in [3.63, 3.8) is 0 Å². The Labute approximate surface area is 110 Å². The molecular formula is C11H17N3OS2. The molecule has 1 atom stereocenters. The maximum atomic E-state index is 12.2. The van der Waals surface area contributed by atoms with E-state index in [1.807, 2.05) is 36.8 Å². The summed E-state index contributed by atoms with van der Waals surface area (Å²) in [6.07, 6.45) is 3.75. The summed E-state index contributed by atoms with van der Waals surface area (Å²) < 4.78 is 1.76. The van der Waals surface area contributed by atoms with Crippen LogP contribution in [0.5, 0.6) is 0 Å². The van der Waals surface area contributed by atoms with Gasteiger partial charge in [0, 0.05) is 42.7 Å². The minimum atomic E-state index is -0.0256. The summed E-state index contributed by atoms with van der Waals surface area (Å²) in [5.74, 6) is 2.38. The van der Waals surface area contributed by atoms with Crippen LogP contribution in [0.15, 0.2) is 17.3 Å². The van der Waals surface area contributed by atoms with Crippen LogP contribution in [-0.4, -0.2) is 50.4 Å². The summed E-state index contributed by atoms with van der Waals surface area (Å²) in [6, 6.07) is 0. The second-order valence-electron chi connectivity index (χ2n) is 4.05. The first-order chi connectivity index (χ1) is 8.16. The van der Waals surface area contributed by atoms with Crippen LogP contribution in [0.3, 0.4) is 0 Å². The van der Waals surface area contributed by atoms with E-state index in [1.54, 1.807) is 22.6 Å². The summed E-state index contributed by atoms with van der Waals surface area (Å²) in [5, 5.41) is 4.08. The largest absolute Gasteiger partial charge is 0.340 e. The van der Waals surface area contributed by atoms with Crippen LogP contribution in [-0.2, 0) is 11.8 Å². The van der Waals surface area contributed by atoms with E-state index in [0.29, 0.717) is 0 Å². The van der Waals surface area contributed by atoms with E-state index < -0.39 is 0 Å². The van der Waals surface area contributed by atoms with Crippen LogP contribution < -0.4 is 0 Å². The molecule has 0 radical (unpaired) electrons. The predicted octanol–water partition coefficient (Wildman–Crippen LogP) is 1.48. The molecule has 1 amide bonds. The van der Waals surface area contributed by atoms with Crippen molar-refractivity contribution in [3.8, 4) is 0 Å². The number of carbonyl (C=O) groups excluding carboxylic acids is 1. The minimum Gasteiger partial charge on any atom is -0.340 e. The van der Waals surface area contributed by atoms with Crippen molar-refractivity contribution < 1.29 is 4.79 Å². The van der Waals surface area contributed by atoms with Gasteiger partial charge in [-0.15, -0.1) is 11.8 Å². The molecule has 1 aliphatic rings. The van der Waals surface area contributed by atoms with Gasteiger partial charge in [-0.05, 0) is 6.92 Å². The zero-order valence-electron chi connectivity index (χ0n) is 10.1. The van der Waals surface area contributed by atoms with Gasteiger partial charge in [-0.2, -0.15) is 16.9 Å². The Hall–Kier alpha value is -0.620. The Morgan fingerprint density at radius 1 is 1.53 bits per heavy atom. The van der Waals surface area contributed by atoms with Crippen LogP contribution in [0.25, 0.3) is 0 Å². The Morgan fingerprint density at radius 3 is 2.82 bits per heavy atom. The molecule has 4 nitrogen and oxygen atoms in total. The molecule has 1 fully saturated rings. The van der Waals surface area contributed by atoms with Crippen molar-refractivity contribution in [1.29, 1.82) is 0 Å². The molecule has 2 rings (SSSR count). The van der Waals surface area contributed by atoms with Gasteiger partial charge in [0.2, 0.25) is 5.91 Å². The molecule has 0 unspecified atom stereocenters. The van der Waals surface area contributed by atoms with Crippen LogP contribution in [0, 0.1) is 0 Å². The second-order valence-corrected chi connectivity index (χ2v) is 6.69. The molecule has 6 heteroatoms. The first kappa shape index (κ1) is 12.8. The molecule has 0 aromatic carbocycles. The lowest BCUT2D eigenvalue weighted by Gasteiger charge is -2.28. The third-order valence-electron chi connectivity index (χ3n) is 2.66. The van der Waals surface area contributed by atoms with Crippen molar-refractivity contribution >= 4 is 29.4 Å². The minimum absolute atomic E-state index is 0.0256. The highest BCUT2D eigenvalue weighted by atomic mass is 32.2. The van der Waals surface area contributed by atoms with Gasteiger partial charge in [-0.3, -0.25) is 9.48 Å². The Morgan fingerprint density at radius 2 is 2.24 bits per heavy atom. The number of carbonyl (C=O) groups is 1. The lowest BCUT2D eigenvalue weighted by Crippen LogP contribution is -2.41. The van der Waals surface area contributed by atoms with Gasteiger partial charge in [0.25, 0.3) is 0 Å². The molecule has 0 bridgehead atoms. The van der Waals surface area contributed by atoms with E-state index in [2.05, 4.69) is 5.10 Å². The lowest BCUT2D eigenvalue weighted by atomic mass is 10.3. The third kappa shape index (κ3) is 3.42. The average molecular weight is 271 g/mol. The fraction of sp³-hybridized carbons (Fsp3) is 0.636. The topological polar surface area (TPSA) is 38.1 Å². The number of rotatable bonds is 3. The van der Waals surface area contributed by atoms with Crippen LogP contribution in [0.2, 0.25) is 0 Å². The van der Waals surface area contributed by atoms with Gasteiger partial charge >= 0.3 is 0 Å². The molecule has 0 aliphatic carbocycles. The van der Waals surface area contributed by atoms with Crippen molar-refractivity contribution in [2.24, 2.45) is 7.05 Å². The van der Waals surface area contributed by atoms with Crippen LogP contribution in [0.1, 0.15) is 6.92 Å². The normalized spacial score (nSPS) is 18.1. The van der Waals surface area contributed by atoms with Gasteiger partial charge in [0.15, 0.2) is 0 Å². The number of amides is 1. The number of aryl methyl sites for hydroxylation is 1. The van der Waals surface area contributed by atoms with E-state index in [0.717, 1.165) is 29.5 Å². The van der Waals surface area contributed by atoms with Gasteiger partial charge < -0.3 is 4.90 Å². The van der Waals surface area contributed by atoms with Crippen LogP contribution >= 0.6 is 23.5 Å².